The lowest BCUT2D eigenvalue weighted by Crippen LogP contribution is -2.18. The largest absolute Gasteiger partial charge is 0.345 e. The number of nitrogens with zero attached hydrogens (tertiary/aromatic N) is 1. The Kier molecular flexibility index (Phi) is 3.56. The van der Waals surface area contributed by atoms with E-state index in [0.717, 1.165) is 11.3 Å². The summed E-state index contributed by atoms with van der Waals surface area (Å²) in [6, 6.07) is 11.6. The molecule has 0 aliphatic heterocycles. The Morgan fingerprint density at radius 2 is 2.05 bits per heavy atom. The zero-order valence-corrected chi connectivity index (χ0v) is 11.3. The normalized spacial score (nSPS) is 15.8. The molecule has 20 heavy (non-hydrogen) atoms. The van der Waals surface area contributed by atoms with Gasteiger partial charge in [0.2, 0.25) is 5.91 Å². The van der Waals surface area contributed by atoms with Gasteiger partial charge in [-0.05, 0) is 42.5 Å². The molecule has 4 heteroatoms. The number of aromatic nitrogens is 1. The zero-order chi connectivity index (χ0) is 13.9. The van der Waals surface area contributed by atoms with Gasteiger partial charge in [-0.3, -0.25) is 4.79 Å². The van der Waals surface area contributed by atoms with Crippen molar-refractivity contribution in [2.45, 2.75) is 25.4 Å². The van der Waals surface area contributed by atoms with Gasteiger partial charge >= 0.3 is 0 Å². The van der Waals surface area contributed by atoms with Crippen LogP contribution in [0.15, 0.2) is 48.8 Å². The van der Waals surface area contributed by atoms with E-state index in [4.69, 9.17) is 5.73 Å². The second-order valence-electron chi connectivity index (χ2n) is 5.39. The first-order valence-corrected chi connectivity index (χ1v) is 6.98. The first-order chi connectivity index (χ1) is 9.72. The Balaban J connectivity index is 1.58. The van der Waals surface area contributed by atoms with Crippen LogP contribution in [0.25, 0.3) is 0 Å². The molecule has 1 aliphatic rings. The topological polar surface area (TPSA) is 60.0 Å². The molecule has 0 spiro atoms. The highest BCUT2D eigenvalue weighted by molar-refractivity contribution is 5.90. The monoisotopic (exact) mass is 269 g/mol. The zero-order valence-electron chi connectivity index (χ0n) is 11.3. The maximum Gasteiger partial charge on any atom is 0.244 e. The average molecular weight is 269 g/mol. The van der Waals surface area contributed by atoms with Crippen LogP contribution in [0.4, 0.5) is 5.69 Å². The molecule has 3 rings (SSSR count). The molecule has 3 N–H and O–H groups in total. The van der Waals surface area contributed by atoms with Crippen molar-refractivity contribution >= 4 is 11.6 Å². The number of amides is 1. The predicted octanol–water partition coefficient (Wildman–Crippen LogP) is 2.54. The van der Waals surface area contributed by atoms with Crippen molar-refractivity contribution in [2.24, 2.45) is 11.7 Å². The lowest BCUT2D eigenvalue weighted by atomic mass is 10.1. The van der Waals surface area contributed by atoms with E-state index in [1.165, 1.54) is 12.8 Å². The summed E-state index contributed by atoms with van der Waals surface area (Å²) in [5, 5.41) is 2.87. The number of anilines is 1. The van der Waals surface area contributed by atoms with E-state index in [1.54, 1.807) is 0 Å². The molecule has 1 heterocycles. The van der Waals surface area contributed by atoms with E-state index >= 15 is 0 Å². The molecule has 2 aromatic rings. The second kappa shape index (κ2) is 5.51. The fraction of sp³-hybridized carbons (Fsp3) is 0.312. The Hall–Kier alpha value is -2.07. The Labute approximate surface area is 118 Å². The van der Waals surface area contributed by atoms with Crippen LogP contribution in [0.1, 0.15) is 24.4 Å². The summed E-state index contributed by atoms with van der Waals surface area (Å²) in [6.45, 7) is 0.312. The van der Waals surface area contributed by atoms with Crippen molar-refractivity contribution in [3.05, 3.63) is 54.4 Å². The number of para-hydroxylation sites is 1. The average Bonchev–Trinajstić information content (AvgIpc) is 3.19. The number of nitrogens with one attached hydrogen (secondary N) is 1. The van der Waals surface area contributed by atoms with E-state index in [2.05, 4.69) is 5.32 Å². The molecule has 1 fully saturated rings. The summed E-state index contributed by atoms with van der Waals surface area (Å²) < 4.78 is 1.88. The second-order valence-corrected chi connectivity index (χ2v) is 5.39. The Bertz CT molecular complexity index is 587. The van der Waals surface area contributed by atoms with Crippen LogP contribution in [0.5, 0.6) is 0 Å². The van der Waals surface area contributed by atoms with Crippen LogP contribution in [0, 0.1) is 5.92 Å². The van der Waals surface area contributed by atoms with Crippen LogP contribution in [-0.4, -0.2) is 10.5 Å². The fourth-order valence-corrected chi connectivity index (χ4v) is 2.37. The predicted molar refractivity (Wildman–Crippen MR) is 79.2 cm³/mol. The quantitative estimate of drug-likeness (QED) is 0.876. The van der Waals surface area contributed by atoms with Gasteiger partial charge in [-0.1, -0.05) is 18.2 Å². The van der Waals surface area contributed by atoms with Crippen molar-refractivity contribution in [2.75, 3.05) is 5.32 Å². The van der Waals surface area contributed by atoms with Gasteiger partial charge in [0.15, 0.2) is 0 Å². The van der Waals surface area contributed by atoms with Gasteiger partial charge in [0.05, 0.1) is 0 Å². The maximum absolute atomic E-state index is 11.9. The van der Waals surface area contributed by atoms with Gasteiger partial charge in [-0.15, -0.1) is 0 Å². The van der Waals surface area contributed by atoms with Crippen molar-refractivity contribution in [1.82, 2.24) is 4.57 Å². The molecule has 1 atom stereocenters. The highest BCUT2D eigenvalue weighted by atomic mass is 16.1. The van der Waals surface area contributed by atoms with Crippen LogP contribution in [-0.2, 0) is 11.3 Å². The molecule has 1 aliphatic carbocycles. The van der Waals surface area contributed by atoms with Gasteiger partial charge in [0.25, 0.3) is 0 Å². The van der Waals surface area contributed by atoms with E-state index in [-0.39, 0.29) is 11.9 Å². The molecule has 1 aromatic carbocycles. The molecular weight excluding hydrogens is 250 g/mol. The van der Waals surface area contributed by atoms with Crippen molar-refractivity contribution in [3.63, 3.8) is 0 Å². The smallest absolute Gasteiger partial charge is 0.244 e. The minimum atomic E-state index is -0.0293. The highest BCUT2D eigenvalue weighted by Crippen LogP contribution is 2.39. The van der Waals surface area contributed by atoms with Crippen LogP contribution < -0.4 is 11.1 Å². The molecule has 0 radical (unpaired) electrons. The first kappa shape index (κ1) is 12.9. The minimum Gasteiger partial charge on any atom is -0.345 e. The Morgan fingerprint density at radius 3 is 2.75 bits per heavy atom. The molecule has 1 aromatic heterocycles. The van der Waals surface area contributed by atoms with Crippen molar-refractivity contribution in [1.29, 1.82) is 0 Å². The van der Waals surface area contributed by atoms with Crippen molar-refractivity contribution < 1.29 is 4.79 Å². The summed E-state index contributed by atoms with van der Waals surface area (Å²) >= 11 is 0. The summed E-state index contributed by atoms with van der Waals surface area (Å²) in [5.74, 6) is 0.599. The molecule has 1 amide bonds. The van der Waals surface area contributed by atoms with E-state index in [1.807, 2.05) is 53.4 Å². The lowest BCUT2D eigenvalue weighted by molar-refractivity contribution is -0.116. The van der Waals surface area contributed by atoms with Gasteiger partial charge in [-0.25, -0.2) is 0 Å². The molecule has 4 nitrogen and oxygen atoms in total. The third-order valence-corrected chi connectivity index (χ3v) is 3.67. The summed E-state index contributed by atoms with van der Waals surface area (Å²) in [6.07, 6.45) is 6.34. The highest BCUT2D eigenvalue weighted by Gasteiger charge is 2.29. The summed E-state index contributed by atoms with van der Waals surface area (Å²) in [4.78, 5) is 11.9. The van der Waals surface area contributed by atoms with E-state index in [9.17, 15) is 4.79 Å². The van der Waals surface area contributed by atoms with Gasteiger partial charge in [0, 0.05) is 24.1 Å². The first-order valence-electron chi connectivity index (χ1n) is 6.98. The van der Waals surface area contributed by atoms with Crippen LogP contribution >= 0.6 is 0 Å². The number of carbonyl (C=O) groups is 1. The van der Waals surface area contributed by atoms with Gasteiger partial charge < -0.3 is 15.6 Å². The number of hydrogen-bond donors (Lipinski definition) is 2. The van der Waals surface area contributed by atoms with Crippen LogP contribution in [0.3, 0.4) is 0 Å². The lowest BCUT2D eigenvalue weighted by Gasteiger charge is -2.08. The number of carbonyl (C=O) groups excluding carboxylic acids is 1. The molecule has 0 saturated heterocycles. The summed E-state index contributed by atoms with van der Waals surface area (Å²) in [5.41, 5.74) is 8.10. The number of hydrogen-bond acceptors (Lipinski definition) is 2. The van der Waals surface area contributed by atoms with E-state index in [0.29, 0.717) is 12.5 Å². The van der Waals surface area contributed by atoms with Crippen LogP contribution in [0.2, 0.25) is 0 Å². The maximum atomic E-state index is 11.9. The number of rotatable bonds is 5. The molecular formula is C16H19N3O. The third-order valence-electron chi connectivity index (χ3n) is 3.67. The third kappa shape index (κ3) is 3.08. The Morgan fingerprint density at radius 1 is 1.30 bits per heavy atom. The number of nitrogens with two attached hydrogens (primary N) is 1. The fourth-order valence-electron chi connectivity index (χ4n) is 2.37. The standard InChI is InChI=1S/C16H19N3O/c17-16(12-6-7-12)13-8-9-19(10-13)11-15(20)18-14-4-2-1-3-5-14/h1-5,8-10,12,16H,6-7,11,17H2,(H,18,20). The van der Waals surface area contributed by atoms with E-state index < -0.39 is 0 Å². The van der Waals surface area contributed by atoms with Gasteiger partial charge in [0.1, 0.15) is 6.54 Å². The SMILES string of the molecule is NC(c1ccn(CC(=O)Nc2ccccc2)c1)C1CC1. The molecule has 104 valence electrons. The minimum absolute atomic E-state index is 0.0293. The van der Waals surface area contributed by atoms with Crippen molar-refractivity contribution in [3.8, 4) is 0 Å². The molecule has 1 unspecified atom stereocenters. The molecule has 1 saturated carbocycles. The van der Waals surface area contributed by atoms with Gasteiger partial charge in [-0.2, -0.15) is 0 Å². The number of benzene rings is 1. The molecule has 0 bridgehead atoms. The summed E-state index contributed by atoms with van der Waals surface area (Å²) in [7, 11) is 0.